The zero-order valence-corrected chi connectivity index (χ0v) is 19.5. The van der Waals surface area contributed by atoms with E-state index in [2.05, 4.69) is 22.2 Å². The lowest BCUT2D eigenvalue weighted by molar-refractivity contribution is -0.127. The van der Waals surface area contributed by atoms with Gasteiger partial charge in [-0.1, -0.05) is 30.3 Å². The molecule has 2 fully saturated rings. The molecular formula is C21H29IN6O2. The molecule has 2 aromatic rings. The number of amides is 1. The van der Waals surface area contributed by atoms with Crippen molar-refractivity contribution in [2.24, 2.45) is 16.6 Å². The highest BCUT2D eigenvalue weighted by molar-refractivity contribution is 14.0. The first-order valence-electron chi connectivity index (χ1n) is 10.1. The third kappa shape index (κ3) is 5.12. The second kappa shape index (κ2) is 10.3. The third-order valence-electron chi connectivity index (χ3n) is 5.70. The number of likely N-dealkylation sites (tertiary alicyclic amines) is 1. The molecule has 2 aliphatic rings. The van der Waals surface area contributed by atoms with Crippen LogP contribution in [0.4, 0.5) is 0 Å². The molecule has 2 saturated heterocycles. The summed E-state index contributed by atoms with van der Waals surface area (Å²) < 4.78 is 7.28. The Morgan fingerprint density at radius 1 is 1.27 bits per heavy atom. The van der Waals surface area contributed by atoms with Gasteiger partial charge in [-0.15, -0.1) is 24.0 Å². The summed E-state index contributed by atoms with van der Waals surface area (Å²) in [6.45, 7) is 4.09. The largest absolute Gasteiger partial charge is 0.378 e. The van der Waals surface area contributed by atoms with Gasteiger partial charge in [0.15, 0.2) is 5.96 Å². The molecule has 1 aromatic heterocycles. The molecule has 1 aromatic carbocycles. The normalized spacial score (nSPS) is 22.3. The minimum atomic E-state index is -0.0340. The fourth-order valence-electron chi connectivity index (χ4n) is 4.10. The van der Waals surface area contributed by atoms with Crippen molar-refractivity contribution in [3.05, 3.63) is 53.9 Å². The second-order valence-electron chi connectivity index (χ2n) is 7.67. The number of hydrogen-bond donors (Lipinski definition) is 1. The number of halogens is 1. The van der Waals surface area contributed by atoms with Crippen LogP contribution in [0.25, 0.3) is 0 Å². The smallest absolute Gasteiger partial charge is 0.223 e. The number of nitrogens with two attached hydrogens (primary N) is 1. The number of nitrogens with zero attached hydrogens (tertiary/aromatic N) is 5. The van der Waals surface area contributed by atoms with Crippen molar-refractivity contribution in [2.75, 3.05) is 39.9 Å². The molecule has 0 unspecified atom stereocenters. The Morgan fingerprint density at radius 2 is 2.00 bits per heavy atom. The molecule has 8 nitrogen and oxygen atoms in total. The van der Waals surface area contributed by atoms with Gasteiger partial charge in [-0.2, -0.15) is 5.10 Å². The van der Waals surface area contributed by atoms with E-state index < -0.39 is 0 Å². The van der Waals surface area contributed by atoms with E-state index >= 15 is 0 Å². The molecule has 2 atom stereocenters. The monoisotopic (exact) mass is 524 g/mol. The maximum atomic E-state index is 12.4. The predicted octanol–water partition coefficient (Wildman–Crippen LogP) is 1.72. The van der Waals surface area contributed by atoms with Crippen molar-refractivity contribution < 1.29 is 9.53 Å². The van der Waals surface area contributed by atoms with Gasteiger partial charge in [-0.25, -0.2) is 0 Å². The molecule has 3 heterocycles. The standard InChI is InChI=1S/C21H28N6O2.HI/c1-25-19(28)11-17(12-23-21(22)26-7-9-29-10-8-26)20(25)18-13-24-27(15-18)14-16-5-3-2-4-6-16;/h2-6,13,15,17,20H,7-12,14H2,1H3,(H2,22,23);1H/t17-,20+;/m0./s1. The fourth-order valence-corrected chi connectivity index (χ4v) is 4.10. The average Bonchev–Trinajstić information content (AvgIpc) is 3.31. The number of rotatable bonds is 5. The van der Waals surface area contributed by atoms with Crippen molar-refractivity contribution in [2.45, 2.75) is 19.0 Å². The van der Waals surface area contributed by atoms with E-state index in [4.69, 9.17) is 10.5 Å². The van der Waals surface area contributed by atoms with Gasteiger partial charge >= 0.3 is 0 Å². The van der Waals surface area contributed by atoms with Gasteiger partial charge in [0.2, 0.25) is 5.91 Å². The van der Waals surface area contributed by atoms with Gasteiger partial charge in [0.1, 0.15) is 0 Å². The number of guanidine groups is 1. The van der Waals surface area contributed by atoms with E-state index in [1.54, 1.807) is 0 Å². The van der Waals surface area contributed by atoms with E-state index in [-0.39, 0.29) is 41.8 Å². The summed E-state index contributed by atoms with van der Waals surface area (Å²) in [5, 5.41) is 4.51. The lowest BCUT2D eigenvalue weighted by atomic mass is 9.96. The number of benzene rings is 1. The van der Waals surface area contributed by atoms with Crippen LogP contribution in [0.2, 0.25) is 0 Å². The van der Waals surface area contributed by atoms with Gasteiger partial charge in [-0.05, 0) is 5.56 Å². The zero-order valence-electron chi connectivity index (χ0n) is 17.2. The maximum absolute atomic E-state index is 12.4. The molecule has 0 radical (unpaired) electrons. The summed E-state index contributed by atoms with van der Waals surface area (Å²) in [7, 11) is 1.86. The number of aromatic nitrogens is 2. The van der Waals surface area contributed by atoms with E-state index in [0.29, 0.717) is 38.7 Å². The van der Waals surface area contributed by atoms with Crippen LogP contribution in [-0.2, 0) is 16.1 Å². The van der Waals surface area contributed by atoms with Crippen molar-refractivity contribution in [1.82, 2.24) is 19.6 Å². The highest BCUT2D eigenvalue weighted by atomic mass is 127. The van der Waals surface area contributed by atoms with Gasteiger partial charge in [0.25, 0.3) is 0 Å². The van der Waals surface area contributed by atoms with Crippen LogP contribution in [0, 0.1) is 5.92 Å². The Hall–Kier alpha value is -2.14. The minimum absolute atomic E-state index is 0. The number of aliphatic imine (C=N–C) groups is 1. The topological polar surface area (TPSA) is 89.0 Å². The Balaban J connectivity index is 0.00000256. The van der Waals surface area contributed by atoms with E-state index in [0.717, 1.165) is 18.7 Å². The van der Waals surface area contributed by atoms with Crippen LogP contribution in [0.15, 0.2) is 47.7 Å². The SMILES string of the molecule is CN1C(=O)C[C@@H](CN=C(N)N2CCOCC2)[C@@H]1c1cnn(Cc2ccccc2)c1.I. The first kappa shape index (κ1) is 22.5. The van der Waals surface area contributed by atoms with Crippen LogP contribution < -0.4 is 5.73 Å². The molecule has 0 aliphatic carbocycles. The van der Waals surface area contributed by atoms with E-state index in [1.807, 2.05) is 52.1 Å². The van der Waals surface area contributed by atoms with Gasteiger partial charge in [0, 0.05) is 50.8 Å². The highest BCUT2D eigenvalue weighted by Gasteiger charge is 2.39. The molecule has 30 heavy (non-hydrogen) atoms. The van der Waals surface area contributed by atoms with Crippen molar-refractivity contribution in [1.29, 1.82) is 0 Å². The summed E-state index contributed by atoms with van der Waals surface area (Å²) in [5.74, 6) is 0.756. The number of carbonyl (C=O) groups excluding carboxylic acids is 1. The molecule has 0 bridgehead atoms. The maximum Gasteiger partial charge on any atom is 0.223 e. The van der Waals surface area contributed by atoms with Crippen LogP contribution in [0.5, 0.6) is 0 Å². The van der Waals surface area contributed by atoms with Gasteiger partial charge < -0.3 is 20.3 Å². The zero-order chi connectivity index (χ0) is 20.2. The molecule has 2 N–H and O–H groups in total. The highest BCUT2D eigenvalue weighted by Crippen LogP contribution is 2.37. The number of ether oxygens (including phenoxy) is 1. The summed E-state index contributed by atoms with van der Waals surface area (Å²) in [5.41, 5.74) is 8.41. The Labute approximate surface area is 194 Å². The molecule has 0 saturated carbocycles. The van der Waals surface area contributed by atoms with Crippen LogP contribution in [-0.4, -0.2) is 71.3 Å². The molecule has 0 spiro atoms. The molecule has 4 rings (SSSR count). The Kier molecular flexibility index (Phi) is 7.70. The Bertz CT molecular complexity index is 865. The van der Waals surface area contributed by atoms with Crippen LogP contribution in [0.1, 0.15) is 23.6 Å². The molecular weight excluding hydrogens is 495 g/mol. The number of hydrogen-bond acceptors (Lipinski definition) is 4. The second-order valence-corrected chi connectivity index (χ2v) is 7.67. The first-order valence-corrected chi connectivity index (χ1v) is 10.1. The Morgan fingerprint density at radius 3 is 2.73 bits per heavy atom. The summed E-state index contributed by atoms with van der Waals surface area (Å²) in [6.07, 6.45) is 4.38. The number of carbonyl (C=O) groups is 1. The van der Waals surface area contributed by atoms with Crippen LogP contribution in [0.3, 0.4) is 0 Å². The quantitative estimate of drug-likeness (QED) is 0.366. The average molecular weight is 524 g/mol. The molecule has 9 heteroatoms. The van der Waals surface area contributed by atoms with Crippen molar-refractivity contribution in [3.63, 3.8) is 0 Å². The summed E-state index contributed by atoms with van der Waals surface area (Å²) >= 11 is 0. The first-order chi connectivity index (χ1) is 14.1. The summed E-state index contributed by atoms with van der Waals surface area (Å²) in [4.78, 5) is 20.9. The van der Waals surface area contributed by atoms with E-state index in [1.165, 1.54) is 5.56 Å². The minimum Gasteiger partial charge on any atom is -0.378 e. The summed E-state index contributed by atoms with van der Waals surface area (Å²) in [6, 6.07) is 10.2. The lowest BCUT2D eigenvalue weighted by Crippen LogP contribution is -2.45. The van der Waals surface area contributed by atoms with Crippen molar-refractivity contribution >= 4 is 35.8 Å². The molecule has 2 aliphatic heterocycles. The van der Waals surface area contributed by atoms with Gasteiger partial charge in [-0.3, -0.25) is 14.5 Å². The predicted molar refractivity (Wildman–Crippen MR) is 126 cm³/mol. The number of morpholine rings is 1. The lowest BCUT2D eigenvalue weighted by Gasteiger charge is -2.28. The fraction of sp³-hybridized carbons (Fsp3) is 0.476. The van der Waals surface area contributed by atoms with Gasteiger partial charge in [0.05, 0.1) is 32.0 Å². The van der Waals surface area contributed by atoms with E-state index in [9.17, 15) is 4.79 Å². The molecule has 1 amide bonds. The molecule has 162 valence electrons. The third-order valence-corrected chi connectivity index (χ3v) is 5.70. The van der Waals surface area contributed by atoms with Crippen molar-refractivity contribution in [3.8, 4) is 0 Å². The van der Waals surface area contributed by atoms with Crippen LogP contribution >= 0.6 is 24.0 Å².